The van der Waals surface area contributed by atoms with Crippen molar-refractivity contribution in [1.82, 2.24) is 14.9 Å². The van der Waals surface area contributed by atoms with Gasteiger partial charge in [0.2, 0.25) is 5.91 Å². The third-order valence-electron chi connectivity index (χ3n) is 5.15. The van der Waals surface area contributed by atoms with E-state index in [1.54, 1.807) is 4.90 Å². The van der Waals surface area contributed by atoms with Gasteiger partial charge in [0.25, 0.3) is 0 Å². The zero-order valence-electron chi connectivity index (χ0n) is 15.0. The average molecular weight is 316 g/mol. The number of carbonyl (C=O) groups is 1. The number of anilines is 1. The zero-order valence-corrected chi connectivity index (χ0v) is 15.0. The molecule has 1 atom stereocenters. The number of aryl methyl sites for hydroxylation is 1. The van der Waals surface area contributed by atoms with Gasteiger partial charge in [-0.1, -0.05) is 20.8 Å². The maximum atomic E-state index is 12.0. The van der Waals surface area contributed by atoms with Gasteiger partial charge in [-0.25, -0.2) is 9.97 Å². The summed E-state index contributed by atoms with van der Waals surface area (Å²) >= 11 is 0. The first-order valence-corrected chi connectivity index (χ1v) is 8.67. The summed E-state index contributed by atoms with van der Waals surface area (Å²) in [5.41, 5.74) is 1.93. The number of amides is 1. The average Bonchev–Trinajstić information content (AvgIpc) is 2.75. The van der Waals surface area contributed by atoms with Crippen molar-refractivity contribution in [2.45, 2.75) is 52.4 Å². The highest BCUT2D eigenvalue weighted by molar-refractivity contribution is 5.99. The fourth-order valence-electron chi connectivity index (χ4n) is 3.92. The van der Waals surface area contributed by atoms with E-state index in [0.29, 0.717) is 12.3 Å². The van der Waals surface area contributed by atoms with E-state index in [-0.39, 0.29) is 11.3 Å². The summed E-state index contributed by atoms with van der Waals surface area (Å²) < 4.78 is 0. The Morgan fingerprint density at radius 2 is 2.04 bits per heavy atom. The minimum absolute atomic E-state index is 0.0284. The van der Waals surface area contributed by atoms with Gasteiger partial charge < -0.3 is 4.90 Å². The molecule has 0 N–H and O–H groups in total. The SMILES string of the molecule is Cc1nc(C2(C)CCCN(CC(C)C)C2)nc2c1CC(=O)N2C. The van der Waals surface area contributed by atoms with Crippen LogP contribution in [-0.2, 0) is 16.6 Å². The highest BCUT2D eigenvalue weighted by Gasteiger charge is 2.38. The number of piperidine rings is 1. The molecule has 1 aromatic rings. The lowest BCUT2D eigenvalue weighted by molar-refractivity contribution is -0.117. The molecule has 0 spiro atoms. The Labute approximate surface area is 139 Å². The standard InChI is InChI=1S/C18H28N4O/c1-12(2)10-22-8-6-7-18(4,11-22)17-19-13(3)14-9-15(23)21(5)16(14)20-17/h12H,6-11H2,1-5H3. The first kappa shape index (κ1) is 16.4. The molecule has 0 radical (unpaired) electrons. The molecule has 0 bridgehead atoms. The lowest BCUT2D eigenvalue weighted by Crippen LogP contribution is -2.46. The van der Waals surface area contributed by atoms with E-state index in [1.807, 2.05) is 14.0 Å². The van der Waals surface area contributed by atoms with Crippen LogP contribution in [0, 0.1) is 12.8 Å². The molecule has 3 rings (SSSR count). The van der Waals surface area contributed by atoms with Crippen LogP contribution < -0.4 is 4.90 Å². The maximum absolute atomic E-state index is 12.0. The Morgan fingerprint density at radius 3 is 2.74 bits per heavy atom. The number of likely N-dealkylation sites (N-methyl/N-ethyl adjacent to an activating group) is 1. The summed E-state index contributed by atoms with van der Waals surface area (Å²) in [5.74, 6) is 2.51. The number of aromatic nitrogens is 2. The second kappa shape index (κ2) is 5.86. The highest BCUT2D eigenvalue weighted by Crippen LogP contribution is 2.35. The molecular formula is C18H28N4O. The molecule has 0 aromatic carbocycles. The predicted molar refractivity (Wildman–Crippen MR) is 91.7 cm³/mol. The van der Waals surface area contributed by atoms with E-state index in [0.717, 1.165) is 49.0 Å². The number of nitrogens with zero attached hydrogens (tertiary/aromatic N) is 4. The van der Waals surface area contributed by atoms with Crippen molar-refractivity contribution in [2.75, 3.05) is 31.6 Å². The van der Waals surface area contributed by atoms with E-state index < -0.39 is 0 Å². The molecule has 1 saturated heterocycles. The van der Waals surface area contributed by atoms with Gasteiger partial charge in [0.15, 0.2) is 0 Å². The van der Waals surface area contributed by atoms with E-state index in [4.69, 9.17) is 9.97 Å². The van der Waals surface area contributed by atoms with Crippen molar-refractivity contribution in [1.29, 1.82) is 0 Å². The van der Waals surface area contributed by atoms with Gasteiger partial charge >= 0.3 is 0 Å². The van der Waals surface area contributed by atoms with Gasteiger partial charge in [-0.3, -0.25) is 9.69 Å². The molecule has 0 aliphatic carbocycles. The van der Waals surface area contributed by atoms with E-state index in [9.17, 15) is 4.79 Å². The zero-order chi connectivity index (χ0) is 16.8. The number of hydrogen-bond donors (Lipinski definition) is 0. The molecular weight excluding hydrogens is 288 g/mol. The van der Waals surface area contributed by atoms with Crippen molar-refractivity contribution in [3.63, 3.8) is 0 Å². The molecule has 2 aliphatic heterocycles. The highest BCUT2D eigenvalue weighted by atomic mass is 16.2. The fourth-order valence-corrected chi connectivity index (χ4v) is 3.92. The molecule has 1 amide bonds. The molecule has 5 nitrogen and oxygen atoms in total. The molecule has 5 heteroatoms. The van der Waals surface area contributed by atoms with Crippen LogP contribution in [0.3, 0.4) is 0 Å². The van der Waals surface area contributed by atoms with Gasteiger partial charge in [0, 0.05) is 36.8 Å². The quantitative estimate of drug-likeness (QED) is 0.858. The van der Waals surface area contributed by atoms with E-state index in [2.05, 4.69) is 25.7 Å². The lowest BCUT2D eigenvalue weighted by atomic mass is 9.80. The maximum Gasteiger partial charge on any atom is 0.232 e. The summed E-state index contributed by atoms with van der Waals surface area (Å²) in [6.07, 6.45) is 2.73. The van der Waals surface area contributed by atoms with Crippen molar-refractivity contribution in [3.05, 3.63) is 17.1 Å². The van der Waals surface area contributed by atoms with Crippen LogP contribution in [-0.4, -0.2) is 47.5 Å². The third kappa shape index (κ3) is 2.99. The summed E-state index contributed by atoms with van der Waals surface area (Å²) in [6.45, 7) is 12.1. The lowest BCUT2D eigenvalue weighted by Gasteiger charge is -2.40. The Hall–Kier alpha value is -1.49. The first-order valence-electron chi connectivity index (χ1n) is 8.67. The summed E-state index contributed by atoms with van der Waals surface area (Å²) in [7, 11) is 1.82. The summed E-state index contributed by atoms with van der Waals surface area (Å²) in [6, 6.07) is 0. The molecule has 1 unspecified atom stereocenters. The Balaban J connectivity index is 1.92. The molecule has 1 aromatic heterocycles. The Kier molecular flexibility index (Phi) is 4.17. The Morgan fingerprint density at radius 1 is 1.30 bits per heavy atom. The molecule has 23 heavy (non-hydrogen) atoms. The van der Waals surface area contributed by atoms with Crippen molar-refractivity contribution in [3.8, 4) is 0 Å². The normalized spacial score (nSPS) is 25.3. The monoisotopic (exact) mass is 316 g/mol. The second-order valence-corrected chi connectivity index (χ2v) is 7.86. The first-order chi connectivity index (χ1) is 10.8. The van der Waals surface area contributed by atoms with Gasteiger partial charge in [-0.15, -0.1) is 0 Å². The minimum atomic E-state index is -0.0284. The molecule has 0 saturated carbocycles. The van der Waals surface area contributed by atoms with Crippen LogP contribution in [0.4, 0.5) is 5.82 Å². The van der Waals surface area contributed by atoms with Crippen LogP contribution in [0.1, 0.15) is 50.7 Å². The molecule has 1 fully saturated rings. The summed E-state index contributed by atoms with van der Waals surface area (Å²) in [5, 5.41) is 0. The van der Waals surface area contributed by atoms with Gasteiger partial charge in [-0.05, 0) is 32.2 Å². The van der Waals surface area contributed by atoms with Crippen molar-refractivity contribution in [2.24, 2.45) is 5.92 Å². The Bertz CT molecular complexity index is 628. The van der Waals surface area contributed by atoms with Crippen LogP contribution in [0.25, 0.3) is 0 Å². The van der Waals surface area contributed by atoms with E-state index in [1.165, 1.54) is 6.42 Å². The van der Waals surface area contributed by atoms with Crippen LogP contribution in [0.2, 0.25) is 0 Å². The van der Waals surface area contributed by atoms with Crippen LogP contribution in [0.15, 0.2) is 0 Å². The topological polar surface area (TPSA) is 49.3 Å². The molecule has 126 valence electrons. The number of hydrogen-bond acceptors (Lipinski definition) is 4. The smallest absolute Gasteiger partial charge is 0.232 e. The minimum Gasteiger partial charge on any atom is -0.302 e. The molecule has 2 aliphatic rings. The number of likely N-dealkylation sites (tertiary alicyclic amines) is 1. The third-order valence-corrected chi connectivity index (χ3v) is 5.15. The number of rotatable bonds is 3. The summed E-state index contributed by atoms with van der Waals surface area (Å²) in [4.78, 5) is 25.8. The van der Waals surface area contributed by atoms with Gasteiger partial charge in [0.05, 0.1) is 6.42 Å². The van der Waals surface area contributed by atoms with Crippen LogP contribution in [0.5, 0.6) is 0 Å². The number of carbonyl (C=O) groups excluding carboxylic acids is 1. The largest absolute Gasteiger partial charge is 0.302 e. The predicted octanol–water partition coefficient (Wildman–Crippen LogP) is 2.31. The van der Waals surface area contributed by atoms with Gasteiger partial charge in [-0.2, -0.15) is 0 Å². The van der Waals surface area contributed by atoms with Gasteiger partial charge in [0.1, 0.15) is 11.6 Å². The molecule has 3 heterocycles. The van der Waals surface area contributed by atoms with Crippen molar-refractivity contribution < 1.29 is 4.79 Å². The van der Waals surface area contributed by atoms with Crippen molar-refractivity contribution >= 4 is 11.7 Å². The number of fused-ring (bicyclic) bond motifs is 1. The fraction of sp³-hybridized carbons (Fsp3) is 0.722. The van der Waals surface area contributed by atoms with E-state index >= 15 is 0 Å². The second-order valence-electron chi connectivity index (χ2n) is 7.86. The van der Waals surface area contributed by atoms with Crippen LogP contribution >= 0.6 is 0 Å².